The van der Waals surface area contributed by atoms with Crippen LogP contribution >= 0.6 is 0 Å². The molecule has 15 atom stereocenters. The van der Waals surface area contributed by atoms with Crippen molar-refractivity contribution < 1.29 is 79.1 Å². The highest BCUT2D eigenvalue weighted by Crippen LogP contribution is 2.29. The molecule has 16 heteroatoms. The molecule has 3 rings (SSSR count). The molecular formula is C26H48O16. The summed E-state index contributed by atoms with van der Waals surface area (Å²) in [6.07, 6.45) is -22.8. The maximum atomic E-state index is 10.5. The van der Waals surface area contributed by atoms with Gasteiger partial charge in [0.05, 0.1) is 31.0 Å². The van der Waals surface area contributed by atoms with Crippen molar-refractivity contribution in [1.29, 1.82) is 0 Å². The van der Waals surface area contributed by atoms with E-state index in [4.69, 9.17) is 33.2 Å². The minimum Gasteiger partial charge on any atom is -0.387 e. The van der Waals surface area contributed by atoms with Crippen molar-refractivity contribution in [3.8, 4) is 0 Å². The van der Waals surface area contributed by atoms with Crippen LogP contribution < -0.4 is 0 Å². The van der Waals surface area contributed by atoms with Crippen LogP contribution in [0.4, 0.5) is 0 Å². The van der Waals surface area contributed by atoms with Crippen LogP contribution in [0.15, 0.2) is 0 Å². The Bertz CT molecular complexity index is 834. The van der Waals surface area contributed by atoms with E-state index in [0.29, 0.717) is 0 Å². The van der Waals surface area contributed by atoms with Gasteiger partial charge in [0.15, 0.2) is 18.9 Å². The lowest BCUT2D eigenvalue weighted by Crippen LogP contribution is -2.63. The predicted molar refractivity (Wildman–Crippen MR) is 138 cm³/mol. The summed E-state index contributed by atoms with van der Waals surface area (Å²) in [6.45, 7) is 9.33. The molecule has 0 aromatic heterocycles. The molecule has 0 amide bonds. The quantitative estimate of drug-likeness (QED) is 0.120. The highest BCUT2D eigenvalue weighted by atomic mass is 16.7. The topological polar surface area (TPSA) is 247 Å². The van der Waals surface area contributed by atoms with E-state index >= 15 is 0 Å². The van der Waals surface area contributed by atoms with Crippen LogP contribution in [0.25, 0.3) is 0 Å². The number of aliphatic hydroxyl groups is 9. The third kappa shape index (κ3) is 8.97. The summed E-state index contributed by atoms with van der Waals surface area (Å²) >= 11 is 0. The van der Waals surface area contributed by atoms with Gasteiger partial charge in [-0.05, 0) is 41.5 Å². The molecule has 0 aromatic carbocycles. The summed E-state index contributed by atoms with van der Waals surface area (Å²) in [6, 6.07) is 0. The molecule has 42 heavy (non-hydrogen) atoms. The third-order valence-electron chi connectivity index (χ3n) is 7.01. The summed E-state index contributed by atoms with van der Waals surface area (Å²) in [5.41, 5.74) is -1.35. The van der Waals surface area contributed by atoms with E-state index in [1.54, 1.807) is 41.5 Å². The van der Waals surface area contributed by atoms with Gasteiger partial charge in [0.2, 0.25) is 0 Å². The molecule has 248 valence electrons. The Kier molecular flexibility index (Phi) is 12.1. The van der Waals surface area contributed by atoms with Crippen LogP contribution in [-0.4, -0.2) is 169 Å². The molecular weight excluding hydrogens is 568 g/mol. The highest BCUT2D eigenvalue weighted by molar-refractivity contribution is 4.93. The number of hydrogen-bond donors (Lipinski definition) is 9. The predicted octanol–water partition coefficient (Wildman–Crippen LogP) is -3.93. The molecule has 0 aliphatic carbocycles. The second kappa shape index (κ2) is 14.2. The molecule has 3 heterocycles. The first-order valence-electron chi connectivity index (χ1n) is 13.9. The van der Waals surface area contributed by atoms with E-state index in [9.17, 15) is 46.0 Å². The first-order chi connectivity index (χ1) is 19.3. The fourth-order valence-corrected chi connectivity index (χ4v) is 4.60. The van der Waals surface area contributed by atoms with E-state index in [1.165, 1.54) is 0 Å². The van der Waals surface area contributed by atoms with Crippen molar-refractivity contribution in [3.63, 3.8) is 0 Å². The number of ether oxygens (including phenoxy) is 7. The normalized spacial score (nSPS) is 45.6. The Balaban J connectivity index is 1.61. The third-order valence-corrected chi connectivity index (χ3v) is 7.01. The molecule has 3 saturated heterocycles. The maximum absolute atomic E-state index is 10.5. The molecule has 3 fully saturated rings. The van der Waals surface area contributed by atoms with Gasteiger partial charge in [-0.2, -0.15) is 0 Å². The Morgan fingerprint density at radius 3 is 1.12 bits per heavy atom. The van der Waals surface area contributed by atoms with Crippen molar-refractivity contribution in [2.45, 2.75) is 145 Å². The fraction of sp³-hybridized carbons (Fsp3) is 1.00. The SMILES string of the molecule is CC(C)(C)OCC1O[C@H](OCC2O[C@H](OCC3O[C@H](OC(C)(C)C)C(O)[C@H](O)[C@@H]3O)C(O)[C@H](O)[C@@H]2O)C(O)[C@H](O)[C@@H]1O. The van der Waals surface area contributed by atoms with Crippen LogP contribution in [0, 0.1) is 0 Å². The van der Waals surface area contributed by atoms with Crippen molar-refractivity contribution in [1.82, 2.24) is 0 Å². The molecule has 0 saturated carbocycles. The minimum atomic E-state index is -1.77. The molecule has 9 N–H and O–H groups in total. The summed E-state index contributed by atoms with van der Waals surface area (Å²) in [5.74, 6) is 0. The number of hydrogen-bond acceptors (Lipinski definition) is 16. The van der Waals surface area contributed by atoms with Crippen LogP contribution in [0.2, 0.25) is 0 Å². The summed E-state index contributed by atoms with van der Waals surface area (Å²) < 4.78 is 39.1. The monoisotopic (exact) mass is 616 g/mol. The maximum Gasteiger partial charge on any atom is 0.187 e. The Morgan fingerprint density at radius 2 is 0.762 bits per heavy atom. The smallest absolute Gasteiger partial charge is 0.187 e. The fourth-order valence-electron chi connectivity index (χ4n) is 4.60. The van der Waals surface area contributed by atoms with Crippen molar-refractivity contribution >= 4 is 0 Å². The Morgan fingerprint density at radius 1 is 0.429 bits per heavy atom. The standard InChI is InChI=1S/C26H48O16/c1-25(2,3)38-9-12-15(29)17(31)20(34)23(40-12)36-7-10-13(27)16(30)19(33)22(39-10)37-8-11-14(28)18(32)21(35)24(41-11)42-26(4,5)6/h10-24,27-35H,7-9H2,1-6H3/t10?,11?,12?,13-,14-,15-,16-,17-,18-,19?,20?,21?,22+,23+,24-/m1/s1. The van der Waals surface area contributed by atoms with E-state index in [0.717, 1.165) is 0 Å². The first-order valence-corrected chi connectivity index (χ1v) is 13.9. The highest BCUT2D eigenvalue weighted by Gasteiger charge is 2.49. The Labute approximate surface area is 244 Å². The molecule has 0 aromatic rings. The average Bonchev–Trinajstić information content (AvgIpc) is 2.89. The number of rotatable bonds is 9. The van der Waals surface area contributed by atoms with Gasteiger partial charge >= 0.3 is 0 Å². The summed E-state index contributed by atoms with van der Waals surface area (Å²) in [7, 11) is 0. The second-order valence-electron chi connectivity index (χ2n) is 12.9. The molecule has 0 bridgehead atoms. The minimum absolute atomic E-state index is 0.125. The lowest BCUT2D eigenvalue weighted by atomic mass is 9.98. The second-order valence-corrected chi connectivity index (χ2v) is 12.9. The Hall–Kier alpha value is -0.640. The summed E-state index contributed by atoms with van der Waals surface area (Å²) in [5, 5.41) is 93.2. The zero-order chi connectivity index (χ0) is 31.7. The lowest BCUT2D eigenvalue weighted by Gasteiger charge is -2.44. The van der Waals surface area contributed by atoms with Crippen LogP contribution in [0.1, 0.15) is 41.5 Å². The molecule has 6 unspecified atom stereocenters. The van der Waals surface area contributed by atoms with E-state index in [2.05, 4.69) is 0 Å². The van der Waals surface area contributed by atoms with Crippen molar-refractivity contribution in [2.24, 2.45) is 0 Å². The lowest BCUT2D eigenvalue weighted by molar-refractivity contribution is -0.348. The van der Waals surface area contributed by atoms with Crippen LogP contribution in [0.3, 0.4) is 0 Å². The number of aliphatic hydroxyl groups excluding tert-OH is 9. The van der Waals surface area contributed by atoms with E-state index in [1.807, 2.05) is 0 Å². The molecule has 3 aliphatic heterocycles. The molecule has 3 aliphatic rings. The van der Waals surface area contributed by atoms with Crippen molar-refractivity contribution in [3.05, 3.63) is 0 Å². The van der Waals surface area contributed by atoms with Gasteiger partial charge in [-0.15, -0.1) is 0 Å². The van der Waals surface area contributed by atoms with Gasteiger partial charge in [-0.25, -0.2) is 0 Å². The summed E-state index contributed by atoms with van der Waals surface area (Å²) in [4.78, 5) is 0. The molecule has 0 spiro atoms. The largest absolute Gasteiger partial charge is 0.387 e. The zero-order valence-corrected chi connectivity index (χ0v) is 24.7. The van der Waals surface area contributed by atoms with Gasteiger partial charge in [0.1, 0.15) is 73.2 Å². The van der Waals surface area contributed by atoms with E-state index in [-0.39, 0.29) is 6.61 Å². The van der Waals surface area contributed by atoms with Crippen LogP contribution in [0.5, 0.6) is 0 Å². The van der Waals surface area contributed by atoms with E-state index < -0.39 is 117 Å². The first kappa shape index (κ1) is 35.8. The van der Waals surface area contributed by atoms with Gasteiger partial charge in [0.25, 0.3) is 0 Å². The molecule has 0 radical (unpaired) electrons. The van der Waals surface area contributed by atoms with Crippen molar-refractivity contribution in [2.75, 3.05) is 19.8 Å². The van der Waals surface area contributed by atoms with Crippen LogP contribution in [-0.2, 0) is 33.2 Å². The van der Waals surface area contributed by atoms with Gasteiger partial charge in [0, 0.05) is 0 Å². The average molecular weight is 617 g/mol. The zero-order valence-electron chi connectivity index (χ0n) is 24.7. The van der Waals surface area contributed by atoms with Gasteiger partial charge < -0.3 is 79.1 Å². The van der Waals surface area contributed by atoms with Gasteiger partial charge in [-0.1, -0.05) is 0 Å². The molecule has 16 nitrogen and oxygen atoms in total. The van der Waals surface area contributed by atoms with Gasteiger partial charge in [-0.3, -0.25) is 0 Å².